The van der Waals surface area contributed by atoms with Gasteiger partial charge in [-0.15, -0.1) is 0 Å². The molecular weight excluding hydrogens is 666 g/mol. The minimum Gasteiger partial charge on any atom is -0.370 e. The molecule has 1 saturated heterocycles. The molecule has 0 aromatic heterocycles. The largest absolute Gasteiger partial charge is 0.370 e. The van der Waals surface area contributed by atoms with Gasteiger partial charge < -0.3 is 43.0 Å². The number of guanidine groups is 1. The molecule has 5 rings (SSSR count). The Bertz CT molecular complexity index is 1540. The number of fused-ring (bicyclic) bond motifs is 1. The lowest BCUT2D eigenvalue weighted by Gasteiger charge is -2.38. The number of amides is 6. The highest BCUT2D eigenvalue weighted by Crippen LogP contribution is 2.88. The van der Waals surface area contributed by atoms with Crippen LogP contribution in [-0.4, -0.2) is 89.2 Å². The number of nitrogens with one attached hydrogen (secondary N) is 5. The first-order chi connectivity index (χ1) is 23.9. The average Bonchev–Trinajstić information content (AvgIpc) is 3.19. The Kier molecular flexibility index (Phi) is 9.97. The van der Waals surface area contributed by atoms with Crippen LogP contribution in [-0.2, 0) is 24.0 Å². The first-order valence-corrected chi connectivity index (χ1v) is 18.8. The van der Waals surface area contributed by atoms with Crippen LogP contribution >= 0.6 is 0 Å². The maximum Gasteiger partial charge on any atom is 0.315 e. The van der Waals surface area contributed by atoms with Crippen molar-refractivity contribution in [3.8, 4) is 0 Å². The van der Waals surface area contributed by atoms with Crippen molar-refractivity contribution in [2.24, 2.45) is 49.5 Å². The van der Waals surface area contributed by atoms with Crippen molar-refractivity contribution in [2.75, 3.05) is 13.1 Å². The van der Waals surface area contributed by atoms with E-state index in [2.05, 4.69) is 45.4 Å². The van der Waals surface area contributed by atoms with E-state index in [0.717, 1.165) is 38.5 Å². The molecule has 6 amide bonds. The van der Waals surface area contributed by atoms with Gasteiger partial charge in [-0.25, -0.2) is 9.79 Å². The van der Waals surface area contributed by atoms with Crippen molar-refractivity contribution in [3.05, 3.63) is 0 Å². The molecule has 290 valence electrons. The number of carbonyl (C=O) groups is 6. The highest BCUT2D eigenvalue weighted by atomic mass is 16.2. The van der Waals surface area contributed by atoms with Gasteiger partial charge in [-0.05, 0) is 60.2 Å². The number of rotatable bonds is 12. The summed E-state index contributed by atoms with van der Waals surface area (Å²) in [6.45, 7) is 17.8. The number of Topliss-reactive ketones (excluding diaryl/α,β-unsaturated/α-hetero) is 1. The Morgan fingerprint density at radius 3 is 1.98 bits per heavy atom. The average molecular weight is 728 g/mol. The van der Waals surface area contributed by atoms with E-state index in [9.17, 15) is 28.8 Å². The summed E-state index contributed by atoms with van der Waals surface area (Å²) in [6, 6.07) is -4.12. The van der Waals surface area contributed by atoms with Crippen molar-refractivity contribution < 1.29 is 28.8 Å². The third kappa shape index (κ3) is 6.72. The zero-order valence-electron chi connectivity index (χ0n) is 32.5. The molecule has 3 saturated carbocycles. The molecule has 9 N–H and O–H groups in total. The van der Waals surface area contributed by atoms with E-state index in [-0.39, 0.29) is 34.7 Å². The second kappa shape index (κ2) is 13.2. The first kappa shape index (κ1) is 39.3. The zero-order chi connectivity index (χ0) is 38.8. The molecule has 2 unspecified atom stereocenters. The Morgan fingerprint density at radius 1 is 0.923 bits per heavy atom. The lowest BCUT2D eigenvalue weighted by atomic mass is 9.73. The number of primary amides is 1. The molecule has 3 aliphatic carbocycles. The molecular formula is C37H61N9O6. The molecule has 15 heteroatoms. The first-order valence-electron chi connectivity index (χ1n) is 18.8. The predicted molar refractivity (Wildman–Crippen MR) is 195 cm³/mol. The van der Waals surface area contributed by atoms with Crippen molar-refractivity contribution in [1.82, 2.24) is 31.5 Å². The van der Waals surface area contributed by atoms with Crippen LogP contribution in [0.1, 0.15) is 114 Å². The molecule has 0 aromatic rings. The molecule has 52 heavy (non-hydrogen) atoms. The Hall–Kier alpha value is -3.91. The molecule has 2 aliphatic heterocycles. The van der Waals surface area contributed by atoms with Gasteiger partial charge in [-0.3, -0.25) is 24.0 Å². The van der Waals surface area contributed by atoms with Gasteiger partial charge in [0.15, 0.2) is 5.96 Å². The Labute approximate surface area is 307 Å². The number of hydrogen-bond donors (Lipinski definition) is 7. The summed E-state index contributed by atoms with van der Waals surface area (Å²) in [7, 11) is 0. The summed E-state index contributed by atoms with van der Waals surface area (Å²) in [5.74, 6) is -2.82. The molecule has 0 bridgehead atoms. The second-order valence-corrected chi connectivity index (χ2v) is 18.9. The fraction of sp³-hybridized carbons (Fsp3) is 0.811. The lowest BCUT2D eigenvalue weighted by Crippen LogP contribution is -2.66. The highest BCUT2D eigenvalue weighted by Gasteiger charge is 2.85. The van der Waals surface area contributed by atoms with E-state index < -0.39 is 76.1 Å². The number of hydrogen-bond acceptors (Lipinski definition) is 9. The SMILES string of the molecule is CC1(C(=O)NC[C@@H](NC(=O)N[C@H](C(=O)N2C[C@]3(C[C@H]2C(=O)NC(CC2CCC2)C(=O)C(N)=O)C(C)(C)C32CCC2)C(C)(C)C)C(C)(C)C)N=C(N)N1. The van der Waals surface area contributed by atoms with Crippen molar-refractivity contribution in [2.45, 2.75) is 144 Å². The third-order valence-corrected chi connectivity index (χ3v) is 13.4. The minimum absolute atomic E-state index is 0.0113. The molecule has 4 fully saturated rings. The molecule has 2 heterocycles. The van der Waals surface area contributed by atoms with E-state index in [1.165, 1.54) is 0 Å². The summed E-state index contributed by atoms with van der Waals surface area (Å²) in [5.41, 5.74) is 8.16. The van der Waals surface area contributed by atoms with Crippen molar-refractivity contribution in [1.29, 1.82) is 0 Å². The normalized spacial score (nSPS) is 28.8. The van der Waals surface area contributed by atoms with Gasteiger partial charge in [-0.2, -0.15) is 0 Å². The smallest absolute Gasteiger partial charge is 0.315 e. The van der Waals surface area contributed by atoms with Gasteiger partial charge in [0.1, 0.15) is 12.1 Å². The van der Waals surface area contributed by atoms with Crippen LogP contribution in [0.2, 0.25) is 0 Å². The number of urea groups is 1. The third-order valence-electron chi connectivity index (χ3n) is 13.4. The molecule has 2 spiro atoms. The van der Waals surface area contributed by atoms with Gasteiger partial charge >= 0.3 is 6.03 Å². The molecule has 0 radical (unpaired) electrons. The Balaban J connectivity index is 1.36. The molecule has 15 nitrogen and oxygen atoms in total. The number of ketones is 1. The number of aliphatic imine (C=N–C) groups is 1. The second-order valence-electron chi connectivity index (χ2n) is 18.9. The van der Waals surface area contributed by atoms with E-state index in [4.69, 9.17) is 11.5 Å². The van der Waals surface area contributed by atoms with Crippen LogP contribution < -0.4 is 38.1 Å². The molecule has 5 aliphatic rings. The molecule has 0 aromatic carbocycles. The topological polar surface area (TPSA) is 230 Å². The van der Waals surface area contributed by atoms with Crippen LogP contribution in [0.25, 0.3) is 0 Å². The van der Waals surface area contributed by atoms with Crippen LogP contribution in [0.3, 0.4) is 0 Å². The van der Waals surface area contributed by atoms with Crippen molar-refractivity contribution in [3.63, 3.8) is 0 Å². The minimum atomic E-state index is -1.19. The summed E-state index contributed by atoms with van der Waals surface area (Å²) < 4.78 is 0. The van der Waals surface area contributed by atoms with E-state index >= 15 is 0 Å². The summed E-state index contributed by atoms with van der Waals surface area (Å²) in [4.78, 5) is 86.2. The van der Waals surface area contributed by atoms with Crippen LogP contribution in [0.5, 0.6) is 0 Å². The highest BCUT2D eigenvalue weighted by molar-refractivity contribution is 6.37. The maximum absolute atomic E-state index is 14.8. The predicted octanol–water partition coefficient (Wildman–Crippen LogP) is 1.39. The fourth-order valence-corrected chi connectivity index (χ4v) is 9.48. The maximum atomic E-state index is 14.8. The quantitative estimate of drug-likeness (QED) is 0.145. The van der Waals surface area contributed by atoms with Gasteiger partial charge in [0.25, 0.3) is 11.8 Å². The fourth-order valence-electron chi connectivity index (χ4n) is 9.48. The van der Waals surface area contributed by atoms with Gasteiger partial charge in [0.05, 0.1) is 12.1 Å². The summed E-state index contributed by atoms with van der Waals surface area (Å²) >= 11 is 0. The summed E-state index contributed by atoms with van der Waals surface area (Å²) in [5, 5.41) is 14.4. The van der Waals surface area contributed by atoms with E-state index in [1.54, 1.807) is 11.8 Å². The molecule has 6 atom stereocenters. The van der Waals surface area contributed by atoms with Gasteiger partial charge in [0.2, 0.25) is 23.3 Å². The van der Waals surface area contributed by atoms with Crippen LogP contribution in [0.4, 0.5) is 4.79 Å². The van der Waals surface area contributed by atoms with Crippen LogP contribution in [0, 0.1) is 33.0 Å². The number of carbonyl (C=O) groups excluding carboxylic acids is 6. The van der Waals surface area contributed by atoms with Crippen molar-refractivity contribution >= 4 is 41.4 Å². The van der Waals surface area contributed by atoms with Gasteiger partial charge in [0, 0.05) is 18.5 Å². The summed E-state index contributed by atoms with van der Waals surface area (Å²) in [6.07, 6.45) is 6.73. The van der Waals surface area contributed by atoms with E-state index in [0.29, 0.717) is 19.4 Å². The lowest BCUT2D eigenvalue weighted by molar-refractivity contribution is -0.143. The number of likely N-dealkylation sites (tertiary alicyclic amines) is 1. The monoisotopic (exact) mass is 727 g/mol. The van der Waals surface area contributed by atoms with Gasteiger partial charge in [-0.1, -0.05) is 81.1 Å². The van der Waals surface area contributed by atoms with E-state index in [1.807, 2.05) is 41.5 Å². The van der Waals surface area contributed by atoms with Crippen LogP contribution in [0.15, 0.2) is 4.99 Å². The number of nitrogens with two attached hydrogens (primary N) is 2. The number of nitrogens with zero attached hydrogens (tertiary/aromatic N) is 2. The zero-order valence-corrected chi connectivity index (χ0v) is 32.5. The Morgan fingerprint density at radius 2 is 1.54 bits per heavy atom. The standard InChI is InChI=1S/C37H61N9O6/c1-32(2,3)23(18-40-29(51)35(9)44-30(39)45-35)42-31(52)43-25(33(4,5)6)28(50)46-19-37(34(7,8)36(37)14-11-15-36)17-22(46)27(49)41-21(24(47)26(38)48)16-20-12-10-13-20/h20-23,25H,10-19H2,1-9H3,(H2,38,48)(H,40,51)(H,41,49)(H3,39,44,45)(H2,42,43,52)/t21?,22-,23+,25+,37+/m0/s1.